The largest absolute Gasteiger partial charge is 0.507 e. The molecule has 7 heteroatoms. The molecule has 2 aliphatic rings. The molecule has 36 heavy (non-hydrogen) atoms. The normalized spacial score (nSPS) is 20.2. The number of aryl methyl sites for hydroxylation is 2. The zero-order valence-corrected chi connectivity index (χ0v) is 21.5. The number of morpholine rings is 1. The highest BCUT2D eigenvalue weighted by molar-refractivity contribution is 6.46. The summed E-state index contributed by atoms with van der Waals surface area (Å²) in [5, 5.41) is 11.4. The number of Topliss-reactive ketones (excluding diaryl/α,β-unsaturated/α-hetero) is 1. The average molecular weight is 493 g/mol. The SMILES string of the molecule is CCCOc1ccc(C(O)=C2C(=O)C(=O)N(CCCN3CCOCC3)[C@@H]2c2ccc(C)cc2)cc1C. The molecule has 192 valence electrons. The van der Waals surface area contributed by atoms with Crippen LogP contribution >= 0.6 is 0 Å². The summed E-state index contributed by atoms with van der Waals surface area (Å²) < 4.78 is 11.2. The number of ether oxygens (including phenoxy) is 2. The van der Waals surface area contributed by atoms with Crippen molar-refractivity contribution in [1.29, 1.82) is 0 Å². The van der Waals surface area contributed by atoms with Gasteiger partial charge in [0.2, 0.25) is 0 Å². The second kappa shape index (κ2) is 11.7. The van der Waals surface area contributed by atoms with E-state index in [0.717, 1.165) is 68.1 Å². The lowest BCUT2D eigenvalue weighted by atomic mass is 9.94. The molecule has 0 aromatic heterocycles. The van der Waals surface area contributed by atoms with Gasteiger partial charge in [-0.05, 0) is 56.0 Å². The number of carbonyl (C=O) groups excluding carboxylic acids is 2. The summed E-state index contributed by atoms with van der Waals surface area (Å²) in [6.07, 6.45) is 1.63. The van der Waals surface area contributed by atoms with E-state index in [1.807, 2.05) is 45.0 Å². The Morgan fingerprint density at radius 1 is 1.06 bits per heavy atom. The predicted octanol–water partition coefficient (Wildman–Crippen LogP) is 4.24. The Hall–Kier alpha value is -3.16. The van der Waals surface area contributed by atoms with Gasteiger partial charge < -0.3 is 19.5 Å². The molecule has 2 aliphatic heterocycles. The summed E-state index contributed by atoms with van der Waals surface area (Å²) in [6, 6.07) is 12.5. The van der Waals surface area contributed by atoms with Crippen molar-refractivity contribution in [2.24, 2.45) is 0 Å². The second-order valence-corrected chi connectivity index (χ2v) is 9.54. The van der Waals surface area contributed by atoms with E-state index in [-0.39, 0.29) is 11.3 Å². The Balaban J connectivity index is 1.66. The van der Waals surface area contributed by atoms with Gasteiger partial charge in [0.1, 0.15) is 11.5 Å². The number of aliphatic hydroxyl groups excluding tert-OH is 1. The third-order valence-electron chi connectivity index (χ3n) is 6.82. The standard InChI is InChI=1S/C29H36N2O5/c1-4-16-36-24-11-10-23(19-21(24)3)27(32)25-26(22-8-6-20(2)7-9-22)31(29(34)28(25)33)13-5-12-30-14-17-35-18-15-30/h6-11,19,26,32H,4-5,12-18H2,1-3H3/t26-/m1/s1. The molecule has 7 nitrogen and oxygen atoms in total. The van der Waals surface area contributed by atoms with Crippen LogP contribution in [0.15, 0.2) is 48.0 Å². The molecule has 0 unspecified atom stereocenters. The summed E-state index contributed by atoms with van der Waals surface area (Å²) in [6.45, 7) is 11.0. The zero-order chi connectivity index (χ0) is 25.7. The monoisotopic (exact) mass is 492 g/mol. The van der Waals surface area contributed by atoms with E-state index >= 15 is 0 Å². The molecule has 1 N–H and O–H groups in total. The summed E-state index contributed by atoms with van der Waals surface area (Å²) in [5.41, 5.74) is 3.39. The molecular formula is C29H36N2O5. The van der Waals surface area contributed by atoms with Crippen molar-refractivity contribution >= 4 is 17.4 Å². The molecule has 2 heterocycles. The summed E-state index contributed by atoms with van der Waals surface area (Å²) in [7, 11) is 0. The third kappa shape index (κ3) is 5.63. The molecular weight excluding hydrogens is 456 g/mol. The molecule has 2 saturated heterocycles. The van der Waals surface area contributed by atoms with Crippen LogP contribution in [-0.4, -0.2) is 72.6 Å². The van der Waals surface area contributed by atoms with E-state index in [4.69, 9.17) is 9.47 Å². The lowest BCUT2D eigenvalue weighted by Gasteiger charge is -2.29. The molecule has 2 fully saturated rings. The van der Waals surface area contributed by atoms with Crippen LogP contribution in [0.2, 0.25) is 0 Å². The third-order valence-corrected chi connectivity index (χ3v) is 6.82. The Labute approximate surface area is 213 Å². The fraction of sp³-hybridized carbons (Fsp3) is 0.448. The van der Waals surface area contributed by atoms with Gasteiger partial charge in [-0.3, -0.25) is 14.5 Å². The fourth-order valence-electron chi connectivity index (χ4n) is 4.82. The van der Waals surface area contributed by atoms with Crippen molar-refractivity contribution in [3.05, 3.63) is 70.3 Å². The maximum Gasteiger partial charge on any atom is 0.295 e. The highest BCUT2D eigenvalue weighted by Crippen LogP contribution is 2.40. The number of hydrogen-bond donors (Lipinski definition) is 1. The molecule has 4 rings (SSSR count). The number of rotatable bonds is 9. The number of benzene rings is 2. The first kappa shape index (κ1) is 25.9. The molecule has 0 spiro atoms. The molecule has 1 amide bonds. The number of amides is 1. The molecule has 0 bridgehead atoms. The molecule has 1 atom stereocenters. The van der Waals surface area contributed by atoms with Crippen molar-refractivity contribution in [1.82, 2.24) is 9.80 Å². The molecule has 2 aromatic carbocycles. The van der Waals surface area contributed by atoms with Crippen molar-refractivity contribution < 1.29 is 24.2 Å². The first-order chi connectivity index (χ1) is 17.4. The van der Waals surface area contributed by atoms with Gasteiger partial charge in [0.25, 0.3) is 11.7 Å². The van der Waals surface area contributed by atoms with E-state index in [1.165, 1.54) is 0 Å². The summed E-state index contributed by atoms with van der Waals surface area (Å²) in [4.78, 5) is 30.4. The number of aliphatic hydroxyl groups is 1. The van der Waals surface area contributed by atoms with E-state index < -0.39 is 17.7 Å². The number of carbonyl (C=O) groups is 2. The minimum absolute atomic E-state index is 0.136. The van der Waals surface area contributed by atoms with Crippen molar-refractivity contribution in [2.45, 2.75) is 39.7 Å². The number of nitrogens with zero attached hydrogens (tertiary/aromatic N) is 2. The van der Waals surface area contributed by atoms with E-state index in [1.54, 1.807) is 23.1 Å². The van der Waals surface area contributed by atoms with Gasteiger partial charge in [-0.1, -0.05) is 36.8 Å². The van der Waals surface area contributed by atoms with Gasteiger partial charge in [0.15, 0.2) is 0 Å². The quantitative estimate of drug-likeness (QED) is 0.321. The van der Waals surface area contributed by atoms with E-state index in [0.29, 0.717) is 18.7 Å². The first-order valence-electron chi connectivity index (χ1n) is 12.8. The second-order valence-electron chi connectivity index (χ2n) is 9.54. The van der Waals surface area contributed by atoms with Crippen LogP contribution in [0.4, 0.5) is 0 Å². The first-order valence-corrected chi connectivity index (χ1v) is 12.8. The number of hydrogen-bond acceptors (Lipinski definition) is 6. The Kier molecular flexibility index (Phi) is 8.44. The smallest absolute Gasteiger partial charge is 0.295 e. The predicted molar refractivity (Wildman–Crippen MR) is 139 cm³/mol. The van der Waals surface area contributed by atoms with Gasteiger partial charge in [0, 0.05) is 31.7 Å². The Morgan fingerprint density at radius 2 is 1.78 bits per heavy atom. The minimum atomic E-state index is -0.645. The maximum absolute atomic E-state index is 13.3. The fourth-order valence-corrected chi connectivity index (χ4v) is 4.82. The van der Waals surface area contributed by atoms with E-state index in [9.17, 15) is 14.7 Å². The number of ketones is 1. The lowest BCUT2D eigenvalue weighted by Crippen LogP contribution is -2.38. The zero-order valence-electron chi connectivity index (χ0n) is 21.5. The summed E-state index contributed by atoms with van der Waals surface area (Å²) in [5.74, 6) is -0.621. The topological polar surface area (TPSA) is 79.3 Å². The lowest BCUT2D eigenvalue weighted by molar-refractivity contribution is -0.140. The van der Waals surface area contributed by atoms with Crippen LogP contribution in [0.3, 0.4) is 0 Å². The van der Waals surface area contributed by atoms with E-state index in [2.05, 4.69) is 4.90 Å². The van der Waals surface area contributed by atoms with Crippen LogP contribution in [0.1, 0.15) is 48.1 Å². The Morgan fingerprint density at radius 3 is 2.44 bits per heavy atom. The van der Waals surface area contributed by atoms with Crippen LogP contribution in [0, 0.1) is 13.8 Å². The van der Waals surface area contributed by atoms with Gasteiger partial charge in [0.05, 0.1) is 31.4 Å². The van der Waals surface area contributed by atoms with Gasteiger partial charge in [-0.15, -0.1) is 0 Å². The molecule has 2 aromatic rings. The van der Waals surface area contributed by atoms with Crippen LogP contribution < -0.4 is 4.74 Å². The summed E-state index contributed by atoms with van der Waals surface area (Å²) >= 11 is 0. The highest BCUT2D eigenvalue weighted by atomic mass is 16.5. The van der Waals surface area contributed by atoms with Gasteiger partial charge in [-0.2, -0.15) is 0 Å². The molecule has 0 aliphatic carbocycles. The highest BCUT2D eigenvalue weighted by Gasteiger charge is 2.45. The van der Waals surface area contributed by atoms with Crippen molar-refractivity contribution in [3.63, 3.8) is 0 Å². The maximum atomic E-state index is 13.3. The minimum Gasteiger partial charge on any atom is -0.507 e. The van der Waals surface area contributed by atoms with Gasteiger partial charge >= 0.3 is 0 Å². The number of likely N-dealkylation sites (tertiary alicyclic amines) is 1. The Bertz CT molecular complexity index is 1120. The molecule has 0 saturated carbocycles. The van der Waals surface area contributed by atoms with Crippen molar-refractivity contribution in [3.8, 4) is 5.75 Å². The van der Waals surface area contributed by atoms with Gasteiger partial charge in [-0.25, -0.2) is 0 Å². The van der Waals surface area contributed by atoms with Crippen LogP contribution in [-0.2, 0) is 14.3 Å². The van der Waals surface area contributed by atoms with Crippen molar-refractivity contribution in [2.75, 3.05) is 46.0 Å². The van der Waals surface area contributed by atoms with Crippen LogP contribution in [0.25, 0.3) is 5.76 Å². The average Bonchev–Trinajstić information content (AvgIpc) is 3.13. The molecule has 0 radical (unpaired) electrons. The van der Waals surface area contributed by atoms with Crippen LogP contribution in [0.5, 0.6) is 5.75 Å².